The minimum atomic E-state index is -0.953. The number of halogens is 1. The Labute approximate surface area is 141 Å². The van der Waals surface area contributed by atoms with Crippen LogP contribution >= 0.6 is 15.9 Å². The molecule has 2 N–H and O–H groups in total. The number of H-pyrrole nitrogens is 1. The Morgan fingerprint density at radius 2 is 2.00 bits per heavy atom. The zero-order valence-electron chi connectivity index (χ0n) is 12.3. The van der Waals surface area contributed by atoms with Gasteiger partial charge in [0.05, 0.1) is 5.69 Å². The number of carboxylic acids is 1. The zero-order chi connectivity index (χ0) is 16.4. The molecule has 1 unspecified atom stereocenters. The third-order valence-electron chi connectivity index (χ3n) is 4.00. The second-order valence-electron chi connectivity index (χ2n) is 5.52. The van der Waals surface area contributed by atoms with E-state index >= 15 is 0 Å². The number of piperidine rings is 1. The topological polar surface area (TPSA) is 86.3 Å². The first-order valence-corrected chi connectivity index (χ1v) is 8.20. The van der Waals surface area contributed by atoms with Gasteiger partial charge in [0.2, 0.25) is 0 Å². The fourth-order valence-corrected chi connectivity index (χ4v) is 3.05. The average Bonchev–Trinajstić information content (AvgIpc) is 3.04. The van der Waals surface area contributed by atoms with E-state index in [9.17, 15) is 14.7 Å². The van der Waals surface area contributed by atoms with Crippen molar-refractivity contribution < 1.29 is 14.7 Å². The van der Waals surface area contributed by atoms with E-state index in [4.69, 9.17) is 0 Å². The maximum Gasteiger partial charge on any atom is 0.326 e. The van der Waals surface area contributed by atoms with Crippen LogP contribution in [0.15, 0.2) is 34.8 Å². The molecule has 2 aromatic rings. The normalized spacial score (nSPS) is 18.0. The predicted molar refractivity (Wildman–Crippen MR) is 88.0 cm³/mol. The summed E-state index contributed by atoms with van der Waals surface area (Å²) in [5.41, 5.74) is 1.86. The highest BCUT2D eigenvalue weighted by Gasteiger charge is 2.33. The van der Waals surface area contributed by atoms with E-state index in [0.29, 0.717) is 24.4 Å². The lowest BCUT2D eigenvalue weighted by atomic mass is 10.0. The molecule has 1 aliphatic heterocycles. The van der Waals surface area contributed by atoms with Crippen molar-refractivity contribution >= 4 is 27.8 Å². The van der Waals surface area contributed by atoms with Crippen LogP contribution in [0, 0.1) is 0 Å². The number of amides is 1. The third-order valence-corrected chi connectivity index (χ3v) is 4.53. The van der Waals surface area contributed by atoms with Crippen molar-refractivity contribution in [1.82, 2.24) is 15.1 Å². The Morgan fingerprint density at radius 3 is 2.70 bits per heavy atom. The lowest BCUT2D eigenvalue weighted by molar-refractivity contribution is -0.143. The third kappa shape index (κ3) is 3.29. The van der Waals surface area contributed by atoms with Crippen LogP contribution in [0.4, 0.5) is 0 Å². The van der Waals surface area contributed by atoms with Gasteiger partial charge < -0.3 is 10.0 Å². The number of aliphatic carboxylic acids is 1. The number of hydrogen-bond donors (Lipinski definition) is 2. The summed E-state index contributed by atoms with van der Waals surface area (Å²) >= 11 is 3.37. The molecule has 1 amide bonds. The maximum atomic E-state index is 12.6. The molecule has 1 aromatic carbocycles. The molecular formula is C16H16BrN3O3. The van der Waals surface area contributed by atoms with Gasteiger partial charge in [-0.25, -0.2) is 4.79 Å². The lowest BCUT2D eigenvalue weighted by Crippen LogP contribution is -2.48. The molecule has 1 aromatic heterocycles. The summed E-state index contributed by atoms with van der Waals surface area (Å²) in [6.07, 6.45) is 2.14. The molecule has 1 saturated heterocycles. The van der Waals surface area contributed by atoms with E-state index in [1.54, 1.807) is 6.07 Å². The molecule has 0 saturated carbocycles. The van der Waals surface area contributed by atoms with Crippen molar-refractivity contribution in [3.8, 4) is 11.3 Å². The summed E-state index contributed by atoms with van der Waals surface area (Å²) in [5.74, 6) is -1.27. The van der Waals surface area contributed by atoms with Gasteiger partial charge in [0.25, 0.3) is 5.91 Å². The van der Waals surface area contributed by atoms with Crippen LogP contribution in [0.3, 0.4) is 0 Å². The van der Waals surface area contributed by atoms with E-state index in [-0.39, 0.29) is 5.91 Å². The number of hydrogen-bond acceptors (Lipinski definition) is 3. The van der Waals surface area contributed by atoms with Crippen LogP contribution in [0.25, 0.3) is 11.3 Å². The first kappa shape index (κ1) is 15.7. The number of nitrogens with zero attached hydrogens (tertiary/aromatic N) is 2. The van der Waals surface area contributed by atoms with Crippen LogP contribution in [0.5, 0.6) is 0 Å². The fraction of sp³-hybridized carbons (Fsp3) is 0.312. The molecule has 0 bridgehead atoms. The second-order valence-corrected chi connectivity index (χ2v) is 6.44. The second kappa shape index (κ2) is 6.54. The molecule has 23 heavy (non-hydrogen) atoms. The highest BCUT2D eigenvalue weighted by molar-refractivity contribution is 9.10. The standard InChI is InChI=1S/C16H16BrN3O3/c17-11-6-4-10(5-7-11)12-9-13(19-18-12)15(21)20-8-2-1-3-14(20)16(22)23/h4-7,9,14H,1-3,8H2,(H,18,19)(H,22,23). The van der Waals surface area contributed by atoms with Gasteiger partial charge in [-0.3, -0.25) is 9.89 Å². The SMILES string of the molecule is O=C(O)C1CCCCN1C(=O)c1cc(-c2ccc(Br)cc2)n[nH]1. The predicted octanol–water partition coefficient (Wildman–Crippen LogP) is 2.92. The fourth-order valence-electron chi connectivity index (χ4n) is 2.79. The molecule has 6 nitrogen and oxygen atoms in total. The summed E-state index contributed by atoms with van der Waals surface area (Å²) in [5, 5.41) is 16.2. The van der Waals surface area contributed by atoms with E-state index in [2.05, 4.69) is 26.1 Å². The minimum Gasteiger partial charge on any atom is -0.480 e. The van der Waals surface area contributed by atoms with Gasteiger partial charge in [0, 0.05) is 16.6 Å². The Bertz CT molecular complexity index is 726. The van der Waals surface area contributed by atoms with Gasteiger partial charge in [0.1, 0.15) is 11.7 Å². The smallest absolute Gasteiger partial charge is 0.326 e. The van der Waals surface area contributed by atoms with E-state index < -0.39 is 12.0 Å². The summed E-state index contributed by atoms with van der Waals surface area (Å²) < 4.78 is 0.964. The van der Waals surface area contributed by atoms with E-state index in [0.717, 1.165) is 22.9 Å². The highest BCUT2D eigenvalue weighted by atomic mass is 79.9. The summed E-state index contributed by atoms with van der Waals surface area (Å²) in [7, 11) is 0. The van der Waals surface area contributed by atoms with Gasteiger partial charge >= 0.3 is 5.97 Å². The Hall–Kier alpha value is -2.15. The molecule has 0 aliphatic carbocycles. The van der Waals surface area contributed by atoms with Crippen LogP contribution in [0.1, 0.15) is 29.8 Å². The highest BCUT2D eigenvalue weighted by Crippen LogP contribution is 2.23. The average molecular weight is 378 g/mol. The molecule has 2 heterocycles. The number of carbonyl (C=O) groups excluding carboxylic acids is 1. The number of carbonyl (C=O) groups is 2. The molecule has 0 spiro atoms. The maximum absolute atomic E-state index is 12.6. The number of aromatic amines is 1. The van der Waals surface area contributed by atoms with Gasteiger partial charge in [-0.1, -0.05) is 28.1 Å². The van der Waals surface area contributed by atoms with Gasteiger partial charge in [-0.05, 0) is 37.5 Å². The molecule has 3 rings (SSSR count). The van der Waals surface area contributed by atoms with Crippen molar-refractivity contribution in [3.63, 3.8) is 0 Å². The molecular weight excluding hydrogens is 362 g/mol. The van der Waals surface area contributed by atoms with Gasteiger partial charge in [0.15, 0.2) is 0 Å². The first-order chi connectivity index (χ1) is 11.1. The van der Waals surface area contributed by atoms with Crippen molar-refractivity contribution in [2.75, 3.05) is 6.54 Å². The van der Waals surface area contributed by atoms with Crippen molar-refractivity contribution in [1.29, 1.82) is 0 Å². The Morgan fingerprint density at radius 1 is 1.26 bits per heavy atom. The molecule has 1 fully saturated rings. The first-order valence-electron chi connectivity index (χ1n) is 7.41. The van der Waals surface area contributed by atoms with Crippen LogP contribution in [-0.4, -0.2) is 44.7 Å². The van der Waals surface area contributed by atoms with Crippen LogP contribution in [0.2, 0.25) is 0 Å². The minimum absolute atomic E-state index is 0.312. The summed E-state index contributed by atoms with van der Waals surface area (Å²) in [6, 6.07) is 8.51. The molecule has 120 valence electrons. The van der Waals surface area contributed by atoms with E-state index in [1.165, 1.54) is 4.90 Å². The number of likely N-dealkylation sites (tertiary alicyclic amines) is 1. The lowest BCUT2D eigenvalue weighted by Gasteiger charge is -2.32. The van der Waals surface area contributed by atoms with Crippen molar-refractivity contribution in [2.45, 2.75) is 25.3 Å². The number of carboxylic acid groups (broad SMARTS) is 1. The Kier molecular flexibility index (Phi) is 4.47. The molecule has 1 atom stereocenters. The monoisotopic (exact) mass is 377 g/mol. The number of nitrogens with one attached hydrogen (secondary N) is 1. The summed E-state index contributed by atoms with van der Waals surface area (Å²) in [6.45, 7) is 0.461. The number of rotatable bonds is 3. The van der Waals surface area contributed by atoms with Gasteiger partial charge in [-0.15, -0.1) is 0 Å². The number of aromatic nitrogens is 2. The van der Waals surface area contributed by atoms with Crippen LogP contribution in [-0.2, 0) is 4.79 Å². The van der Waals surface area contributed by atoms with Crippen LogP contribution < -0.4 is 0 Å². The van der Waals surface area contributed by atoms with Gasteiger partial charge in [-0.2, -0.15) is 5.10 Å². The molecule has 0 radical (unpaired) electrons. The Balaban J connectivity index is 1.83. The van der Waals surface area contributed by atoms with E-state index in [1.807, 2.05) is 24.3 Å². The quantitative estimate of drug-likeness (QED) is 0.860. The molecule has 7 heteroatoms. The molecule has 1 aliphatic rings. The largest absolute Gasteiger partial charge is 0.480 e. The zero-order valence-corrected chi connectivity index (χ0v) is 13.9. The van der Waals surface area contributed by atoms with Crippen molar-refractivity contribution in [2.24, 2.45) is 0 Å². The summed E-state index contributed by atoms with van der Waals surface area (Å²) in [4.78, 5) is 25.4. The number of benzene rings is 1. The van der Waals surface area contributed by atoms with Crippen molar-refractivity contribution in [3.05, 3.63) is 40.5 Å².